The number of carboxylic acid groups (broad SMARTS) is 1. The Kier molecular flexibility index (Phi) is 4.53. The number of nitriles is 1. The van der Waals surface area contributed by atoms with Gasteiger partial charge in [0, 0.05) is 38.6 Å². The molecular formula is C19H19N7O2. The maximum Gasteiger partial charge on any atom is 0.407 e. The Morgan fingerprint density at radius 1 is 1.43 bits per heavy atom. The van der Waals surface area contributed by atoms with Gasteiger partial charge in [0.15, 0.2) is 5.82 Å². The minimum atomic E-state index is -0.888. The summed E-state index contributed by atoms with van der Waals surface area (Å²) < 4.78 is 1.68. The third-order valence-electron chi connectivity index (χ3n) is 5.11. The summed E-state index contributed by atoms with van der Waals surface area (Å²) in [4.78, 5) is 23.8. The lowest BCUT2D eigenvalue weighted by molar-refractivity contribution is 0.130. The molecule has 1 aliphatic heterocycles. The van der Waals surface area contributed by atoms with Gasteiger partial charge in [0.1, 0.15) is 5.82 Å². The number of likely N-dealkylation sites (tertiary alicyclic amines) is 1. The molecule has 1 aliphatic rings. The van der Waals surface area contributed by atoms with E-state index in [1.807, 2.05) is 18.0 Å². The van der Waals surface area contributed by atoms with Crippen LogP contribution in [0.3, 0.4) is 0 Å². The number of carbonyl (C=O) groups is 1. The van der Waals surface area contributed by atoms with E-state index in [-0.39, 0.29) is 6.04 Å². The third-order valence-corrected chi connectivity index (χ3v) is 5.11. The van der Waals surface area contributed by atoms with Crippen LogP contribution in [-0.4, -0.2) is 61.9 Å². The number of aromatic nitrogens is 4. The first kappa shape index (κ1) is 17.7. The highest BCUT2D eigenvalue weighted by atomic mass is 16.4. The predicted octanol–water partition coefficient (Wildman–Crippen LogP) is 2.24. The van der Waals surface area contributed by atoms with Crippen molar-refractivity contribution >= 4 is 17.4 Å². The second-order valence-electron chi connectivity index (χ2n) is 6.79. The second kappa shape index (κ2) is 7.15. The predicted molar refractivity (Wildman–Crippen MR) is 102 cm³/mol. The van der Waals surface area contributed by atoms with E-state index in [1.165, 1.54) is 4.90 Å². The van der Waals surface area contributed by atoms with Gasteiger partial charge in [-0.2, -0.15) is 10.4 Å². The molecule has 1 N–H and O–H groups in total. The Morgan fingerprint density at radius 3 is 3.07 bits per heavy atom. The highest BCUT2D eigenvalue weighted by Crippen LogP contribution is 2.25. The van der Waals surface area contributed by atoms with Gasteiger partial charge in [-0.1, -0.05) is 0 Å². The molecule has 0 spiro atoms. The van der Waals surface area contributed by atoms with Crippen molar-refractivity contribution in [1.82, 2.24) is 24.5 Å². The van der Waals surface area contributed by atoms with Gasteiger partial charge in [0.2, 0.25) is 0 Å². The Hall–Kier alpha value is -3.67. The van der Waals surface area contributed by atoms with Gasteiger partial charge in [-0.05, 0) is 31.0 Å². The zero-order valence-corrected chi connectivity index (χ0v) is 15.4. The van der Waals surface area contributed by atoms with Crippen molar-refractivity contribution < 1.29 is 9.90 Å². The van der Waals surface area contributed by atoms with Gasteiger partial charge in [0.05, 0.1) is 28.9 Å². The molecule has 1 fully saturated rings. The maximum atomic E-state index is 11.3. The molecule has 3 aromatic heterocycles. The van der Waals surface area contributed by atoms with Crippen molar-refractivity contribution in [2.75, 3.05) is 25.0 Å². The van der Waals surface area contributed by atoms with Crippen molar-refractivity contribution in [3.05, 3.63) is 42.4 Å². The van der Waals surface area contributed by atoms with Gasteiger partial charge in [-0.3, -0.25) is 0 Å². The highest BCUT2D eigenvalue weighted by Gasteiger charge is 2.27. The zero-order valence-electron chi connectivity index (χ0n) is 15.4. The number of amides is 1. The lowest BCUT2D eigenvalue weighted by Crippen LogP contribution is -2.48. The van der Waals surface area contributed by atoms with Crippen LogP contribution in [0.5, 0.6) is 0 Å². The van der Waals surface area contributed by atoms with Gasteiger partial charge >= 0.3 is 6.09 Å². The van der Waals surface area contributed by atoms with Gasteiger partial charge in [-0.15, -0.1) is 0 Å². The summed E-state index contributed by atoms with van der Waals surface area (Å²) in [6, 6.07) is 7.46. The Balaban J connectivity index is 1.65. The molecule has 28 heavy (non-hydrogen) atoms. The molecule has 142 valence electrons. The molecule has 9 heteroatoms. The van der Waals surface area contributed by atoms with Crippen LogP contribution in [0.25, 0.3) is 16.9 Å². The summed E-state index contributed by atoms with van der Waals surface area (Å²) in [7, 11) is 1.92. The number of pyridine rings is 1. The second-order valence-corrected chi connectivity index (χ2v) is 6.79. The molecule has 1 amide bonds. The number of anilines is 1. The molecular weight excluding hydrogens is 358 g/mol. The van der Waals surface area contributed by atoms with Gasteiger partial charge < -0.3 is 14.9 Å². The summed E-state index contributed by atoms with van der Waals surface area (Å²) in [5.41, 5.74) is 2.04. The molecule has 0 radical (unpaired) electrons. The van der Waals surface area contributed by atoms with E-state index in [0.29, 0.717) is 24.5 Å². The van der Waals surface area contributed by atoms with Crippen LogP contribution in [0.15, 0.2) is 36.8 Å². The summed E-state index contributed by atoms with van der Waals surface area (Å²) >= 11 is 0. The molecule has 0 aromatic carbocycles. The van der Waals surface area contributed by atoms with Crippen LogP contribution < -0.4 is 4.90 Å². The summed E-state index contributed by atoms with van der Waals surface area (Å²) in [6.07, 6.45) is 5.94. The van der Waals surface area contributed by atoms with Crippen molar-refractivity contribution in [2.45, 2.75) is 18.9 Å². The molecule has 0 saturated carbocycles. The van der Waals surface area contributed by atoms with E-state index in [4.69, 9.17) is 5.26 Å². The van der Waals surface area contributed by atoms with Gasteiger partial charge in [0.25, 0.3) is 0 Å². The average molecular weight is 377 g/mol. The largest absolute Gasteiger partial charge is 0.465 e. The molecule has 1 atom stereocenters. The summed E-state index contributed by atoms with van der Waals surface area (Å²) in [5.74, 6) is 1.23. The van der Waals surface area contributed by atoms with E-state index in [0.717, 1.165) is 29.7 Å². The van der Waals surface area contributed by atoms with E-state index in [2.05, 4.69) is 21.1 Å². The number of rotatable bonds is 3. The van der Waals surface area contributed by atoms with Crippen LogP contribution in [0.4, 0.5) is 10.6 Å². The minimum Gasteiger partial charge on any atom is -0.465 e. The van der Waals surface area contributed by atoms with Crippen molar-refractivity contribution in [3.63, 3.8) is 0 Å². The molecule has 1 saturated heterocycles. The van der Waals surface area contributed by atoms with Crippen molar-refractivity contribution in [1.29, 1.82) is 5.26 Å². The fourth-order valence-corrected chi connectivity index (χ4v) is 3.53. The van der Waals surface area contributed by atoms with E-state index < -0.39 is 6.09 Å². The smallest absolute Gasteiger partial charge is 0.407 e. The van der Waals surface area contributed by atoms with Crippen LogP contribution in [-0.2, 0) is 0 Å². The van der Waals surface area contributed by atoms with Crippen LogP contribution in [0.2, 0.25) is 0 Å². The first-order valence-corrected chi connectivity index (χ1v) is 8.98. The molecule has 4 rings (SSSR count). The standard InChI is InChI=1S/C19H19N7O2/c1-24(14-3-2-7-25(12-14)19(27)28)17-4-6-21-18(23-17)15-11-22-26-8-5-13(10-20)9-16(15)26/h4-6,8-9,11,14H,2-3,7,12H2,1H3,(H,27,28). The molecule has 0 bridgehead atoms. The number of hydrogen-bond donors (Lipinski definition) is 1. The third kappa shape index (κ3) is 3.20. The molecule has 9 nitrogen and oxygen atoms in total. The van der Waals surface area contributed by atoms with Crippen molar-refractivity contribution in [3.8, 4) is 17.5 Å². The lowest BCUT2D eigenvalue weighted by atomic mass is 10.0. The molecule has 3 aromatic rings. The maximum absolute atomic E-state index is 11.3. The normalized spacial score (nSPS) is 16.7. The number of nitrogens with zero attached hydrogens (tertiary/aromatic N) is 7. The van der Waals surface area contributed by atoms with E-state index in [9.17, 15) is 9.90 Å². The van der Waals surface area contributed by atoms with Gasteiger partial charge in [-0.25, -0.2) is 19.3 Å². The van der Waals surface area contributed by atoms with Crippen LogP contribution in [0, 0.1) is 11.3 Å². The zero-order chi connectivity index (χ0) is 19.7. The van der Waals surface area contributed by atoms with E-state index in [1.54, 1.807) is 35.2 Å². The molecule has 1 unspecified atom stereocenters. The fraction of sp³-hybridized carbons (Fsp3) is 0.316. The number of fused-ring (bicyclic) bond motifs is 1. The first-order chi connectivity index (χ1) is 13.6. The summed E-state index contributed by atoms with van der Waals surface area (Å²) in [6.45, 7) is 1.02. The number of piperidine rings is 1. The number of likely N-dealkylation sites (N-methyl/N-ethyl adjacent to an activating group) is 1. The lowest BCUT2D eigenvalue weighted by Gasteiger charge is -2.36. The quantitative estimate of drug-likeness (QED) is 0.745. The Bertz CT molecular complexity index is 1070. The first-order valence-electron chi connectivity index (χ1n) is 8.98. The van der Waals surface area contributed by atoms with E-state index >= 15 is 0 Å². The number of hydrogen-bond acceptors (Lipinski definition) is 6. The van der Waals surface area contributed by atoms with Crippen molar-refractivity contribution in [2.24, 2.45) is 0 Å². The monoisotopic (exact) mass is 377 g/mol. The topological polar surface area (TPSA) is 111 Å². The SMILES string of the molecule is CN(c1ccnc(-c2cnn3ccc(C#N)cc23)n1)C1CCCN(C(=O)O)C1. The molecule has 0 aliphatic carbocycles. The fourth-order valence-electron chi connectivity index (χ4n) is 3.53. The van der Waals surface area contributed by atoms with Crippen LogP contribution in [0.1, 0.15) is 18.4 Å². The summed E-state index contributed by atoms with van der Waals surface area (Å²) in [5, 5.41) is 22.7. The average Bonchev–Trinajstić information content (AvgIpc) is 3.16. The minimum absolute atomic E-state index is 0.0571. The Labute approximate surface area is 161 Å². The highest BCUT2D eigenvalue weighted by molar-refractivity contribution is 5.77. The Morgan fingerprint density at radius 2 is 2.29 bits per heavy atom. The van der Waals surface area contributed by atoms with Crippen LogP contribution >= 0.6 is 0 Å². The molecule has 4 heterocycles.